The summed E-state index contributed by atoms with van der Waals surface area (Å²) in [7, 11) is 3.21. The van der Waals surface area contributed by atoms with E-state index < -0.39 is 0 Å². The number of rotatable bonds is 7. The zero-order chi connectivity index (χ0) is 21.5. The van der Waals surface area contributed by atoms with Crippen LogP contribution in [0.1, 0.15) is 29.7 Å². The van der Waals surface area contributed by atoms with Crippen LogP contribution in [0, 0.1) is 0 Å². The molecular formula is C25H24ClNO3. The van der Waals surface area contributed by atoms with Crippen molar-refractivity contribution in [2.24, 2.45) is 0 Å². The molecule has 0 saturated carbocycles. The number of halogens is 1. The maximum atomic E-state index is 13.3. The smallest absolute Gasteiger partial charge is 0.252 e. The van der Waals surface area contributed by atoms with Crippen molar-refractivity contribution in [2.45, 2.75) is 13.0 Å². The monoisotopic (exact) mass is 421 g/mol. The molecule has 5 heteroatoms. The second kappa shape index (κ2) is 9.99. The van der Waals surface area contributed by atoms with E-state index in [-0.39, 0.29) is 11.9 Å². The first kappa shape index (κ1) is 21.5. The molecule has 0 saturated heterocycles. The Labute approximate surface area is 182 Å². The van der Waals surface area contributed by atoms with Crippen LogP contribution in [0.25, 0.3) is 11.6 Å². The molecule has 0 radical (unpaired) electrons. The van der Waals surface area contributed by atoms with Crippen LogP contribution in [0.3, 0.4) is 0 Å². The number of nitrogens with one attached hydrogen (secondary N) is 1. The zero-order valence-electron chi connectivity index (χ0n) is 17.2. The molecule has 30 heavy (non-hydrogen) atoms. The lowest BCUT2D eigenvalue weighted by atomic mass is 10.0. The molecule has 0 unspecified atom stereocenters. The Morgan fingerprint density at radius 2 is 1.67 bits per heavy atom. The highest BCUT2D eigenvalue weighted by Gasteiger charge is 2.19. The van der Waals surface area contributed by atoms with E-state index in [9.17, 15) is 4.79 Å². The number of hydrogen-bond donors (Lipinski definition) is 1. The number of hydrogen-bond acceptors (Lipinski definition) is 3. The number of carbonyl (C=O) groups is 1. The molecule has 0 spiro atoms. The van der Waals surface area contributed by atoms with E-state index in [0.717, 1.165) is 16.7 Å². The van der Waals surface area contributed by atoms with Gasteiger partial charge in [0.15, 0.2) is 0 Å². The molecule has 154 valence electrons. The molecule has 3 rings (SSSR count). The number of ether oxygens (including phenoxy) is 2. The summed E-state index contributed by atoms with van der Waals surface area (Å²) in [6.07, 6.45) is 1.81. The zero-order valence-corrected chi connectivity index (χ0v) is 17.9. The van der Waals surface area contributed by atoms with Gasteiger partial charge in [-0.2, -0.15) is 0 Å². The van der Waals surface area contributed by atoms with Gasteiger partial charge in [0, 0.05) is 16.2 Å². The van der Waals surface area contributed by atoms with Gasteiger partial charge in [-0.15, -0.1) is 0 Å². The van der Waals surface area contributed by atoms with E-state index in [1.54, 1.807) is 20.3 Å². The molecule has 0 fully saturated rings. The van der Waals surface area contributed by atoms with Crippen molar-refractivity contribution < 1.29 is 14.3 Å². The summed E-state index contributed by atoms with van der Waals surface area (Å²) in [6.45, 7) is 1.91. The Morgan fingerprint density at radius 1 is 0.967 bits per heavy atom. The van der Waals surface area contributed by atoms with Crippen molar-refractivity contribution in [3.63, 3.8) is 0 Å². The third-order valence-corrected chi connectivity index (χ3v) is 5.13. The van der Waals surface area contributed by atoms with Gasteiger partial charge in [-0.1, -0.05) is 60.1 Å². The highest BCUT2D eigenvalue weighted by atomic mass is 35.5. The predicted molar refractivity (Wildman–Crippen MR) is 122 cm³/mol. The van der Waals surface area contributed by atoms with Crippen LogP contribution < -0.4 is 14.8 Å². The fraction of sp³-hybridized carbons (Fsp3) is 0.160. The van der Waals surface area contributed by atoms with Gasteiger partial charge in [0.2, 0.25) is 0 Å². The fourth-order valence-electron chi connectivity index (χ4n) is 3.18. The van der Waals surface area contributed by atoms with Crippen LogP contribution in [0.15, 0.2) is 72.8 Å². The summed E-state index contributed by atoms with van der Waals surface area (Å²) in [6, 6.07) is 22.2. The summed E-state index contributed by atoms with van der Waals surface area (Å²) >= 11 is 6.33. The third-order valence-electron chi connectivity index (χ3n) is 4.79. The largest absolute Gasteiger partial charge is 0.497 e. The average molecular weight is 422 g/mol. The molecule has 1 atom stereocenters. The highest BCUT2D eigenvalue weighted by Crippen LogP contribution is 2.30. The van der Waals surface area contributed by atoms with Crippen LogP contribution in [0.4, 0.5) is 0 Å². The van der Waals surface area contributed by atoms with Gasteiger partial charge in [-0.05, 0) is 48.4 Å². The molecule has 0 aliphatic carbocycles. The Hall–Kier alpha value is -3.24. The van der Waals surface area contributed by atoms with Gasteiger partial charge in [-0.25, -0.2) is 0 Å². The third kappa shape index (κ3) is 5.02. The van der Waals surface area contributed by atoms with Crippen molar-refractivity contribution >= 4 is 29.2 Å². The Morgan fingerprint density at radius 3 is 2.33 bits per heavy atom. The lowest BCUT2D eigenvalue weighted by Crippen LogP contribution is -2.27. The molecule has 0 aliphatic heterocycles. The van der Waals surface area contributed by atoms with Crippen molar-refractivity contribution in [1.29, 1.82) is 0 Å². The van der Waals surface area contributed by atoms with Crippen molar-refractivity contribution in [1.82, 2.24) is 5.32 Å². The molecule has 0 aromatic heterocycles. The number of carbonyl (C=O) groups excluding carboxylic acids is 1. The molecular weight excluding hydrogens is 398 g/mol. The molecule has 3 aromatic carbocycles. The minimum Gasteiger partial charge on any atom is -0.497 e. The molecule has 0 heterocycles. The first-order valence-corrected chi connectivity index (χ1v) is 9.95. The van der Waals surface area contributed by atoms with E-state index in [0.29, 0.717) is 22.1 Å². The van der Waals surface area contributed by atoms with E-state index in [4.69, 9.17) is 21.1 Å². The lowest BCUT2D eigenvalue weighted by molar-refractivity contribution is -0.116. The fourth-order valence-corrected chi connectivity index (χ4v) is 3.37. The van der Waals surface area contributed by atoms with Crippen LogP contribution in [-0.4, -0.2) is 20.1 Å². The van der Waals surface area contributed by atoms with E-state index in [1.807, 2.05) is 79.7 Å². The van der Waals surface area contributed by atoms with Crippen molar-refractivity contribution in [2.75, 3.05) is 14.2 Å². The van der Waals surface area contributed by atoms with Gasteiger partial charge in [-0.3, -0.25) is 4.79 Å². The molecule has 1 N–H and O–H groups in total. The molecule has 0 bridgehead atoms. The number of methoxy groups -OCH3 is 2. The standard InChI is InChI=1S/C25H24ClNO3/c1-17(21-16-20(29-2)13-14-24(21)30-3)27-25(28)22(18-9-5-4-6-10-18)15-19-11-7-8-12-23(19)26/h4-17H,1-3H3,(H,27,28)/b22-15+/t17-/m0/s1. The summed E-state index contributed by atoms with van der Waals surface area (Å²) in [5, 5.41) is 3.66. The molecule has 1 amide bonds. The van der Waals surface area contributed by atoms with Crippen molar-refractivity contribution in [3.05, 3.63) is 94.5 Å². The predicted octanol–water partition coefficient (Wildman–Crippen LogP) is 5.78. The summed E-state index contributed by atoms with van der Waals surface area (Å²) < 4.78 is 10.8. The quantitative estimate of drug-likeness (QED) is 0.389. The minimum atomic E-state index is -0.305. The van der Waals surface area contributed by atoms with Gasteiger partial charge in [0.05, 0.1) is 20.3 Å². The van der Waals surface area contributed by atoms with Crippen molar-refractivity contribution in [3.8, 4) is 11.5 Å². The summed E-state index contributed by atoms with van der Waals surface area (Å²) in [4.78, 5) is 13.3. The van der Waals surface area contributed by atoms with Gasteiger partial charge in [0.1, 0.15) is 11.5 Å². The molecule has 3 aromatic rings. The average Bonchev–Trinajstić information content (AvgIpc) is 2.78. The van der Waals surface area contributed by atoms with Crippen LogP contribution >= 0.6 is 11.6 Å². The summed E-state index contributed by atoms with van der Waals surface area (Å²) in [5.41, 5.74) is 2.94. The lowest BCUT2D eigenvalue weighted by Gasteiger charge is -2.19. The van der Waals surface area contributed by atoms with Gasteiger partial charge < -0.3 is 14.8 Å². The molecule has 0 aliphatic rings. The number of benzene rings is 3. The summed E-state index contributed by atoms with van der Waals surface area (Å²) in [5.74, 6) is 1.17. The van der Waals surface area contributed by atoms with E-state index in [2.05, 4.69) is 5.32 Å². The van der Waals surface area contributed by atoms with Gasteiger partial charge >= 0.3 is 0 Å². The molecule has 4 nitrogen and oxygen atoms in total. The van der Waals surface area contributed by atoms with Crippen LogP contribution in [0.2, 0.25) is 5.02 Å². The minimum absolute atomic E-state index is 0.210. The first-order chi connectivity index (χ1) is 14.5. The SMILES string of the molecule is COc1ccc(OC)c([C@H](C)NC(=O)/C(=C/c2ccccc2Cl)c2ccccc2)c1. The van der Waals surface area contributed by atoms with E-state index in [1.165, 1.54) is 0 Å². The van der Waals surface area contributed by atoms with Gasteiger partial charge in [0.25, 0.3) is 5.91 Å². The Bertz CT molecular complexity index is 1050. The topological polar surface area (TPSA) is 47.6 Å². The second-order valence-electron chi connectivity index (χ2n) is 6.75. The van der Waals surface area contributed by atoms with E-state index >= 15 is 0 Å². The first-order valence-electron chi connectivity index (χ1n) is 9.58. The maximum absolute atomic E-state index is 13.3. The Balaban J connectivity index is 1.96. The number of amides is 1. The van der Waals surface area contributed by atoms with Crippen LogP contribution in [-0.2, 0) is 4.79 Å². The van der Waals surface area contributed by atoms with Crippen LogP contribution in [0.5, 0.6) is 11.5 Å². The Kier molecular flexibility index (Phi) is 7.15. The highest BCUT2D eigenvalue weighted by molar-refractivity contribution is 6.33. The maximum Gasteiger partial charge on any atom is 0.252 e. The second-order valence-corrected chi connectivity index (χ2v) is 7.16. The normalized spacial score (nSPS) is 12.2.